The summed E-state index contributed by atoms with van der Waals surface area (Å²) in [6.45, 7) is 2.67. The largest absolute Gasteiger partial charge is 0.457 e. The van der Waals surface area contributed by atoms with E-state index in [0.29, 0.717) is 10.8 Å². The molecule has 0 bridgehead atoms. The van der Waals surface area contributed by atoms with Crippen molar-refractivity contribution >= 4 is 24.3 Å². The summed E-state index contributed by atoms with van der Waals surface area (Å²) in [4.78, 5) is 12.4. The monoisotopic (exact) mass is 448 g/mol. The highest BCUT2D eigenvalue weighted by atomic mass is 31.2. The Labute approximate surface area is 179 Å². The number of hydrogen-bond donors (Lipinski definition) is 0. The van der Waals surface area contributed by atoms with Crippen molar-refractivity contribution in [2.75, 3.05) is 13.2 Å². The Kier molecular flexibility index (Phi) is 7.21. The predicted octanol–water partition coefficient (Wildman–Crippen LogP) is 6.51. The van der Waals surface area contributed by atoms with E-state index in [4.69, 9.17) is 13.8 Å². The van der Waals surface area contributed by atoms with Gasteiger partial charge in [-0.1, -0.05) is 48.5 Å². The highest BCUT2D eigenvalue weighted by molar-refractivity contribution is 7.54. The molecule has 0 fully saturated rings. The summed E-state index contributed by atoms with van der Waals surface area (Å²) in [6, 6.07) is 17.7. The van der Waals surface area contributed by atoms with Crippen LogP contribution >= 0.6 is 7.60 Å². The minimum absolute atomic E-state index is 0.0989. The molecule has 164 valence electrons. The molecular formula is C23H23F2O5P. The normalized spacial score (nSPS) is 12.1. The molecule has 8 heteroatoms. The van der Waals surface area contributed by atoms with Crippen LogP contribution in [-0.2, 0) is 30.6 Å². The standard InChI is InChI=1S/C23H23F2O5P/c1-3-29-31(27,30-4-2)23(24,25)21-13-12-18-10-11-19(14-20(18)15-21)22(26)28-16-17-8-6-5-7-9-17/h5-15H,3-4,16H2,1-2H3. The van der Waals surface area contributed by atoms with E-state index in [2.05, 4.69) is 0 Å². The van der Waals surface area contributed by atoms with Gasteiger partial charge in [-0.2, -0.15) is 8.78 Å². The first-order valence-corrected chi connectivity index (χ1v) is 11.4. The first kappa shape index (κ1) is 23.1. The van der Waals surface area contributed by atoms with Crippen LogP contribution in [0.3, 0.4) is 0 Å². The Morgan fingerprint density at radius 2 is 1.55 bits per heavy atom. The molecule has 31 heavy (non-hydrogen) atoms. The second-order valence-corrected chi connectivity index (χ2v) is 8.79. The number of halogens is 2. The fourth-order valence-corrected chi connectivity index (χ4v) is 4.60. The van der Waals surface area contributed by atoms with Crippen LogP contribution in [0.2, 0.25) is 0 Å². The van der Waals surface area contributed by atoms with E-state index in [-0.39, 0.29) is 25.4 Å². The van der Waals surface area contributed by atoms with E-state index in [1.807, 2.05) is 30.3 Å². The average Bonchev–Trinajstić information content (AvgIpc) is 2.77. The summed E-state index contributed by atoms with van der Waals surface area (Å²) in [5.41, 5.74) is -3.31. The Balaban J connectivity index is 1.89. The van der Waals surface area contributed by atoms with Gasteiger partial charge in [0.2, 0.25) is 0 Å². The van der Waals surface area contributed by atoms with Gasteiger partial charge in [0.15, 0.2) is 0 Å². The fourth-order valence-electron chi connectivity index (χ4n) is 3.06. The Bertz CT molecular complexity index is 1090. The number of benzene rings is 3. The van der Waals surface area contributed by atoms with E-state index in [1.54, 1.807) is 12.1 Å². The zero-order valence-electron chi connectivity index (χ0n) is 17.2. The Morgan fingerprint density at radius 1 is 0.903 bits per heavy atom. The van der Waals surface area contributed by atoms with Gasteiger partial charge in [-0.25, -0.2) is 4.79 Å². The van der Waals surface area contributed by atoms with Gasteiger partial charge in [-0.15, -0.1) is 0 Å². The second-order valence-electron chi connectivity index (χ2n) is 6.71. The number of hydrogen-bond acceptors (Lipinski definition) is 5. The van der Waals surface area contributed by atoms with Gasteiger partial charge >= 0.3 is 19.2 Å². The lowest BCUT2D eigenvalue weighted by atomic mass is 10.0. The lowest BCUT2D eigenvalue weighted by Gasteiger charge is -2.26. The van der Waals surface area contributed by atoms with E-state index in [9.17, 15) is 9.36 Å². The van der Waals surface area contributed by atoms with Gasteiger partial charge in [0.25, 0.3) is 0 Å². The fraction of sp³-hybridized carbons (Fsp3) is 0.261. The van der Waals surface area contributed by atoms with Crippen molar-refractivity contribution in [2.24, 2.45) is 0 Å². The molecule has 5 nitrogen and oxygen atoms in total. The summed E-state index contributed by atoms with van der Waals surface area (Å²) in [6.07, 6.45) is 0. The smallest absolute Gasteiger partial charge is 0.404 e. The predicted molar refractivity (Wildman–Crippen MR) is 114 cm³/mol. The van der Waals surface area contributed by atoms with Crippen LogP contribution in [0.25, 0.3) is 10.8 Å². The van der Waals surface area contributed by atoms with Crippen LogP contribution in [0, 0.1) is 0 Å². The molecule has 0 spiro atoms. The molecule has 0 aliphatic carbocycles. The van der Waals surface area contributed by atoms with E-state index >= 15 is 8.78 Å². The zero-order chi connectivity index (χ0) is 22.5. The molecule has 0 radical (unpaired) electrons. The third-order valence-corrected chi connectivity index (χ3v) is 6.72. The average molecular weight is 448 g/mol. The van der Waals surface area contributed by atoms with Crippen molar-refractivity contribution in [2.45, 2.75) is 26.1 Å². The minimum atomic E-state index is -4.72. The number of rotatable bonds is 9. The van der Waals surface area contributed by atoms with Crippen molar-refractivity contribution in [3.8, 4) is 0 Å². The molecule has 3 aromatic rings. The van der Waals surface area contributed by atoms with Gasteiger partial charge in [0, 0.05) is 5.56 Å². The maximum Gasteiger partial charge on any atom is 0.404 e. The topological polar surface area (TPSA) is 61.8 Å². The molecule has 0 aliphatic heterocycles. The summed E-state index contributed by atoms with van der Waals surface area (Å²) in [7, 11) is -4.72. The zero-order valence-corrected chi connectivity index (χ0v) is 18.1. The third-order valence-electron chi connectivity index (χ3n) is 4.58. The second kappa shape index (κ2) is 9.69. The number of carbonyl (C=O) groups excluding carboxylic acids is 1. The number of ether oxygens (including phenoxy) is 1. The summed E-state index contributed by atoms with van der Waals surface area (Å²) in [5, 5.41) is 1.02. The van der Waals surface area contributed by atoms with E-state index < -0.39 is 24.8 Å². The lowest BCUT2D eigenvalue weighted by molar-refractivity contribution is 0.0362. The van der Waals surface area contributed by atoms with Crippen LogP contribution in [0.1, 0.15) is 35.3 Å². The first-order chi connectivity index (χ1) is 14.8. The van der Waals surface area contributed by atoms with Crippen LogP contribution in [-0.4, -0.2) is 19.2 Å². The quantitative estimate of drug-likeness (QED) is 0.276. The maximum atomic E-state index is 15.1. The van der Waals surface area contributed by atoms with Gasteiger partial charge < -0.3 is 13.8 Å². The highest BCUT2D eigenvalue weighted by Crippen LogP contribution is 2.66. The molecule has 0 heterocycles. The summed E-state index contributed by atoms with van der Waals surface area (Å²) in [5.74, 6) is -0.572. The Hall–Kier alpha value is -2.60. The van der Waals surface area contributed by atoms with Crippen molar-refractivity contribution in [3.63, 3.8) is 0 Å². The number of fused-ring (bicyclic) bond motifs is 1. The Morgan fingerprint density at radius 3 is 2.19 bits per heavy atom. The first-order valence-electron chi connectivity index (χ1n) is 9.83. The minimum Gasteiger partial charge on any atom is -0.457 e. The van der Waals surface area contributed by atoms with Gasteiger partial charge in [-0.3, -0.25) is 4.57 Å². The molecule has 0 N–H and O–H groups in total. The molecule has 3 rings (SSSR count). The van der Waals surface area contributed by atoms with Gasteiger partial charge in [0.1, 0.15) is 6.61 Å². The van der Waals surface area contributed by atoms with Crippen molar-refractivity contribution in [1.29, 1.82) is 0 Å². The molecule has 0 saturated heterocycles. The van der Waals surface area contributed by atoms with Crippen molar-refractivity contribution < 1.29 is 31.9 Å². The van der Waals surface area contributed by atoms with Crippen LogP contribution in [0.5, 0.6) is 0 Å². The van der Waals surface area contributed by atoms with E-state index in [1.165, 1.54) is 38.1 Å². The van der Waals surface area contributed by atoms with E-state index in [0.717, 1.165) is 5.56 Å². The third kappa shape index (κ3) is 5.01. The van der Waals surface area contributed by atoms with Crippen molar-refractivity contribution in [3.05, 3.63) is 83.4 Å². The number of alkyl halides is 2. The highest BCUT2D eigenvalue weighted by Gasteiger charge is 2.54. The maximum absolute atomic E-state index is 15.1. The SMILES string of the molecule is CCOP(=O)(OCC)C(F)(F)c1ccc2ccc(C(=O)OCc3ccccc3)cc2c1. The molecule has 0 amide bonds. The molecule has 0 atom stereocenters. The summed E-state index contributed by atoms with van der Waals surface area (Å²) < 4.78 is 57.8. The molecule has 3 aromatic carbocycles. The lowest BCUT2D eigenvalue weighted by Crippen LogP contribution is -2.18. The summed E-state index contributed by atoms with van der Waals surface area (Å²) >= 11 is 0. The van der Waals surface area contributed by atoms with Gasteiger partial charge in [0.05, 0.1) is 18.8 Å². The molecule has 0 aliphatic rings. The van der Waals surface area contributed by atoms with Crippen molar-refractivity contribution in [1.82, 2.24) is 0 Å². The van der Waals surface area contributed by atoms with Gasteiger partial charge in [-0.05, 0) is 48.4 Å². The molecular weight excluding hydrogens is 425 g/mol. The molecule has 0 unspecified atom stereocenters. The number of carbonyl (C=O) groups is 1. The van der Waals surface area contributed by atoms with Crippen LogP contribution in [0.15, 0.2) is 66.7 Å². The van der Waals surface area contributed by atoms with Crippen LogP contribution in [0.4, 0.5) is 8.78 Å². The molecule has 0 saturated carbocycles. The molecule has 0 aromatic heterocycles. The van der Waals surface area contributed by atoms with Crippen LogP contribution < -0.4 is 0 Å². The number of esters is 1.